The van der Waals surface area contributed by atoms with Gasteiger partial charge < -0.3 is 9.84 Å². The third kappa shape index (κ3) is 5.05. The van der Waals surface area contributed by atoms with E-state index in [-0.39, 0.29) is 26.9 Å². The molecule has 0 bridgehead atoms. The van der Waals surface area contributed by atoms with Crippen LogP contribution in [0.15, 0.2) is 59.8 Å². The largest absolute Gasteiger partial charge is 0.482 e. The average molecular weight is 451 g/mol. The molecule has 156 valence electrons. The molecule has 0 spiro atoms. The van der Waals surface area contributed by atoms with Crippen LogP contribution in [0.1, 0.15) is 5.56 Å². The fourth-order valence-electron chi connectivity index (χ4n) is 2.65. The van der Waals surface area contributed by atoms with Crippen molar-refractivity contribution in [2.24, 2.45) is 0 Å². The van der Waals surface area contributed by atoms with E-state index in [0.717, 1.165) is 12.3 Å². The first-order valence-corrected chi connectivity index (χ1v) is 10.4. The second kappa shape index (κ2) is 8.68. The summed E-state index contributed by atoms with van der Waals surface area (Å²) in [5, 5.41) is 8.75. The molecule has 0 fully saturated rings. The highest BCUT2D eigenvalue weighted by molar-refractivity contribution is 7.92. The van der Waals surface area contributed by atoms with Crippen molar-refractivity contribution in [3.05, 3.63) is 71.3 Å². The minimum absolute atomic E-state index is 0.0777. The molecule has 2 N–H and O–H groups in total. The smallest absolute Gasteiger partial charge is 0.341 e. The Hall–Kier alpha value is -3.17. The maximum absolute atomic E-state index is 14.7. The molecule has 0 saturated carbocycles. The number of hydrogen-bond acceptors (Lipinski definition) is 5. The van der Waals surface area contributed by atoms with Crippen LogP contribution in [0.5, 0.6) is 5.75 Å². The van der Waals surface area contributed by atoms with Crippen molar-refractivity contribution in [2.45, 2.75) is 11.8 Å². The van der Waals surface area contributed by atoms with E-state index in [9.17, 15) is 17.6 Å². The van der Waals surface area contributed by atoms with E-state index in [1.165, 1.54) is 42.6 Å². The molecule has 2 aromatic carbocycles. The zero-order valence-corrected chi connectivity index (χ0v) is 17.2. The lowest BCUT2D eigenvalue weighted by Crippen LogP contribution is -2.15. The van der Waals surface area contributed by atoms with Gasteiger partial charge >= 0.3 is 5.97 Å². The van der Waals surface area contributed by atoms with Crippen molar-refractivity contribution in [1.29, 1.82) is 0 Å². The maximum atomic E-state index is 14.7. The predicted octanol–water partition coefficient (Wildman–Crippen LogP) is 4.11. The van der Waals surface area contributed by atoms with Crippen LogP contribution in [-0.4, -0.2) is 31.1 Å². The van der Waals surface area contributed by atoms with Gasteiger partial charge in [0.1, 0.15) is 16.5 Å². The number of aryl methyl sites for hydroxylation is 1. The molecule has 0 radical (unpaired) electrons. The highest BCUT2D eigenvalue weighted by Crippen LogP contribution is 2.35. The minimum atomic E-state index is -4.11. The van der Waals surface area contributed by atoms with Gasteiger partial charge in [-0.3, -0.25) is 9.71 Å². The van der Waals surface area contributed by atoms with E-state index in [1.807, 2.05) is 0 Å². The molecule has 3 aromatic rings. The number of hydrogen-bond donors (Lipinski definition) is 2. The second-order valence-corrected chi connectivity index (χ2v) is 8.44. The Balaban J connectivity index is 2.00. The number of ether oxygens (including phenoxy) is 1. The van der Waals surface area contributed by atoms with Gasteiger partial charge in [0.2, 0.25) is 0 Å². The Morgan fingerprint density at radius 2 is 1.90 bits per heavy atom. The lowest BCUT2D eigenvalue weighted by Gasteiger charge is -2.15. The van der Waals surface area contributed by atoms with Gasteiger partial charge in [0.15, 0.2) is 6.61 Å². The molecule has 0 amide bonds. The molecule has 1 heterocycles. The number of carbonyl (C=O) groups is 1. The molecule has 3 rings (SSSR count). The number of aromatic nitrogens is 1. The normalized spacial score (nSPS) is 11.2. The summed E-state index contributed by atoms with van der Waals surface area (Å²) in [5.41, 5.74) is 1.000. The van der Waals surface area contributed by atoms with Crippen LogP contribution in [0.2, 0.25) is 5.02 Å². The molecule has 0 aliphatic rings. The highest BCUT2D eigenvalue weighted by atomic mass is 35.5. The number of carboxylic acids is 1. The van der Waals surface area contributed by atoms with Crippen molar-refractivity contribution in [2.75, 3.05) is 11.3 Å². The van der Waals surface area contributed by atoms with Crippen LogP contribution in [0, 0.1) is 12.7 Å². The summed E-state index contributed by atoms with van der Waals surface area (Å²) < 4.78 is 47.5. The van der Waals surface area contributed by atoms with Gasteiger partial charge in [0, 0.05) is 23.0 Å². The minimum Gasteiger partial charge on any atom is -0.482 e. The summed E-state index contributed by atoms with van der Waals surface area (Å²) in [6.45, 7) is 1.18. The maximum Gasteiger partial charge on any atom is 0.341 e. The fraction of sp³-hybridized carbons (Fsp3) is 0.100. The van der Waals surface area contributed by atoms with Crippen LogP contribution >= 0.6 is 11.6 Å². The first-order valence-electron chi connectivity index (χ1n) is 8.54. The molecule has 0 aliphatic heterocycles. The highest BCUT2D eigenvalue weighted by Gasteiger charge is 2.21. The van der Waals surface area contributed by atoms with Crippen LogP contribution in [0.25, 0.3) is 11.1 Å². The van der Waals surface area contributed by atoms with Crippen LogP contribution in [-0.2, 0) is 14.8 Å². The van der Waals surface area contributed by atoms with E-state index < -0.39 is 28.4 Å². The van der Waals surface area contributed by atoms with E-state index >= 15 is 0 Å². The molecular weight excluding hydrogens is 435 g/mol. The number of carboxylic acid groups (broad SMARTS) is 1. The molecule has 30 heavy (non-hydrogen) atoms. The summed E-state index contributed by atoms with van der Waals surface area (Å²) in [7, 11) is -4.11. The molecule has 10 heteroatoms. The Kier molecular flexibility index (Phi) is 6.23. The monoisotopic (exact) mass is 450 g/mol. The van der Waals surface area contributed by atoms with Gasteiger partial charge in [0.25, 0.3) is 10.0 Å². The first kappa shape index (κ1) is 21.5. The summed E-state index contributed by atoms with van der Waals surface area (Å²) >= 11 is 5.98. The summed E-state index contributed by atoms with van der Waals surface area (Å²) in [6.07, 6.45) is 2.67. The number of aliphatic carboxylic acids is 1. The quantitative estimate of drug-likeness (QED) is 0.561. The van der Waals surface area contributed by atoms with Crippen molar-refractivity contribution < 1.29 is 27.4 Å². The topological polar surface area (TPSA) is 106 Å². The SMILES string of the molecule is Cc1cncc(S(=O)(=O)Nc2c(F)cc(Cl)cc2-c2ccc(OCC(=O)O)cc2)c1. The molecule has 1 aromatic heterocycles. The zero-order valence-electron chi connectivity index (χ0n) is 15.6. The van der Waals surface area contributed by atoms with Crippen molar-refractivity contribution in [3.63, 3.8) is 0 Å². The number of sulfonamides is 1. The molecule has 7 nitrogen and oxygen atoms in total. The van der Waals surface area contributed by atoms with Gasteiger partial charge in [-0.1, -0.05) is 23.7 Å². The van der Waals surface area contributed by atoms with Gasteiger partial charge in [0.05, 0.1) is 5.69 Å². The molecule has 0 saturated heterocycles. The molecule has 0 atom stereocenters. The lowest BCUT2D eigenvalue weighted by molar-refractivity contribution is -0.139. The fourth-order valence-corrected chi connectivity index (χ4v) is 3.99. The summed E-state index contributed by atoms with van der Waals surface area (Å²) in [4.78, 5) is 14.3. The molecule has 0 aliphatic carbocycles. The number of pyridine rings is 1. The van der Waals surface area contributed by atoms with E-state index in [1.54, 1.807) is 6.92 Å². The van der Waals surface area contributed by atoms with Gasteiger partial charge in [-0.2, -0.15) is 0 Å². The lowest BCUT2D eigenvalue weighted by atomic mass is 10.0. The number of rotatable bonds is 7. The van der Waals surface area contributed by atoms with Crippen molar-refractivity contribution in [1.82, 2.24) is 4.98 Å². The van der Waals surface area contributed by atoms with Gasteiger partial charge in [-0.05, 0) is 48.4 Å². The van der Waals surface area contributed by atoms with Crippen molar-refractivity contribution in [3.8, 4) is 16.9 Å². The average Bonchev–Trinajstić information content (AvgIpc) is 2.68. The van der Waals surface area contributed by atoms with E-state index in [0.29, 0.717) is 11.1 Å². The van der Waals surface area contributed by atoms with Crippen LogP contribution < -0.4 is 9.46 Å². The number of nitrogens with one attached hydrogen (secondary N) is 1. The summed E-state index contributed by atoms with van der Waals surface area (Å²) in [6, 6.07) is 9.88. The van der Waals surface area contributed by atoms with E-state index in [2.05, 4.69) is 9.71 Å². The van der Waals surface area contributed by atoms with E-state index in [4.69, 9.17) is 21.4 Å². The standard InChI is InChI=1S/C20H16ClFN2O5S/c1-12-6-16(10-23-9-12)30(27,28)24-20-17(7-14(21)8-18(20)22)13-2-4-15(5-3-13)29-11-19(25)26/h2-10,24H,11H2,1H3,(H,25,26). The zero-order chi connectivity index (χ0) is 21.9. The Morgan fingerprint density at radius 1 is 1.20 bits per heavy atom. The third-order valence-corrected chi connectivity index (χ3v) is 5.51. The Bertz CT molecular complexity index is 1200. The Morgan fingerprint density at radius 3 is 2.53 bits per heavy atom. The third-order valence-electron chi connectivity index (χ3n) is 3.98. The van der Waals surface area contributed by atoms with Gasteiger partial charge in [-0.15, -0.1) is 0 Å². The first-order chi connectivity index (χ1) is 14.2. The number of nitrogens with zero attached hydrogens (tertiary/aromatic N) is 1. The molecular formula is C20H16ClFN2O5S. The van der Waals surface area contributed by atoms with Crippen LogP contribution in [0.3, 0.4) is 0 Å². The Labute approximate surface area is 177 Å². The van der Waals surface area contributed by atoms with Crippen LogP contribution in [0.4, 0.5) is 10.1 Å². The summed E-state index contributed by atoms with van der Waals surface area (Å²) in [5.74, 6) is -1.69. The number of benzene rings is 2. The van der Waals surface area contributed by atoms with Crippen molar-refractivity contribution >= 4 is 33.3 Å². The second-order valence-electron chi connectivity index (χ2n) is 6.32. The molecule has 0 unspecified atom stereocenters. The number of halogens is 2. The predicted molar refractivity (Wildman–Crippen MR) is 110 cm³/mol. The number of anilines is 1. The van der Waals surface area contributed by atoms with Gasteiger partial charge in [-0.25, -0.2) is 17.6 Å².